The van der Waals surface area contributed by atoms with Crippen molar-refractivity contribution in [3.63, 3.8) is 0 Å². The number of fused-ring (bicyclic) bond motifs is 2. The number of carbonyl (C=O) groups is 1. The van der Waals surface area contributed by atoms with Crippen molar-refractivity contribution in [1.29, 1.82) is 0 Å². The molecule has 0 saturated heterocycles. The first-order valence-electron chi connectivity index (χ1n) is 9.61. The molecule has 0 radical (unpaired) electrons. The Bertz CT molecular complexity index is 1400. The smallest absolute Gasteiger partial charge is 0.337 e. The van der Waals surface area contributed by atoms with Crippen LogP contribution in [0.25, 0.3) is 27.9 Å². The minimum Gasteiger partial charge on any atom is -0.465 e. The van der Waals surface area contributed by atoms with Crippen LogP contribution in [0.1, 0.15) is 15.9 Å². The van der Waals surface area contributed by atoms with Crippen molar-refractivity contribution in [1.82, 2.24) is 19.4 Å². The van der Waals surface area contributed by atoms with Crippen molar-refractivity contribution >= 4 is 33.4 Å². The predicted octanol–water partition coefficient (Wildman–Crippen LogP) is 3.97. The van der Waals surface area contributed by atoms with Crippen molar-refractivity contribution in [2.24, 2.45) is 0 Å². The monoisotopic (exact) mass is 430 g/mol. The molecule has 2 aromatic carbocycles. The van der Waals surface area contributed by atoms with Gasteiger partial charge in [0, 0.05) is 17.3 Å². The van der Waals surface area contributed by atoms with Gasteiger partial charge in [-0.05, 0) is 30.3 Å². The number of carbonyl (C=O) groups excluding carboxylic acids is 1. The summed E-state index contributed by atoms with van der Waals surface area (Å²) >= 11 is 0. The number of nitrogens with zero attached hydrogens (tertiary/aromatic N) is 3. The maximum Gasteiger partial charge on any atom is 0.337 e. The molecule has 8 heteroatoms. The number of imidazole rings is 2. The minimum absolute atomic E-state index is 0.294. The van der Waals surface area contributed by atoms with E-state index < -0.39 is 10.8 Å². The van der Waals surface area contributed by atoms with Gasteiger partial charge in [-0.1, -0.05) is 30.3 Å². The molecule has 3 aromatic heterocycles. The third kappa shape index (κ3) is 3.51. The molecule has 0 saturated carbocycles. The fourth-order valence-corrected chi connectivity index (χ4v) is 4.61. The number of aromatic amines is 1. The molecule has 0 amide bonds. The van der Waals surface area contributed by atoms with E-state index in [4.69, 9.17) is 4.74 Å². The topological polar surface area (TPSA) is 89.3 Å². The lowest BCUT2D eigenvalue weighted by atomic mass is 10.1. The van der Waals surface area contributed by atoms with E-state index in [1.165, 1.54) is 7.11 Å². The highest BCUT2D eigenvalue weighted by molar-refractivity contribution is 7.84. The Hall–Kier alpha value is -3.78. The zero-order chi connectivity index (χ0) is 21.4. The fraction of sp³-hybridized carbons (Fsp3) is 0.0870. The number of rotatable bonds is 5. The summed E-state index contributed by atoms with van der Waals surface area (Å²) in [6, 6.07) is 18.6. The number of methoxy groups -OCH3 is 1. The Labute approximate surface area is 180 Å². The first kappa shape index (κ1) is 19.2. The highest BCUT2D eigenvalue weighted by atomic mass is 32.2. The van der Waals surface area contributed by atoms with E-state index in [2.05, 4.69) is 15.0 Å². The zero-order valence-corrected chi connectivity index (χ0v) is 17.4. The van der Waals surface area contributed by atoms with Gasteiger partial charge in [-0.15, -0.1) is 0 Å². The first-order chi connectivity index (χ1) is 15.1. The van der Waals surface area contributed by atoms with E-state index in [1.807, 2.05) is 59.1 Å². The second kappa shape index (κ2) is 7.81. The van der Waals surface area contributed by atoms with E-state index in [0.717, 1.165) is 33.5 Å². The van der Waals surface area contributed by atoms with Gasteiger partial charge >= 0.3 is 5.97 Å². The molecular weight excluding hydrogens is 412 g/mol. The Morgan fingerprint density at radius 2 is 1.90 bits per heavy atom. The average Bonchev–Trinajstić information content (AvgIpc) is 3.44. The number of pyridine rings is 1. The third-order valence-electron chi connectivity index (χ3n) is 5.09. The van der Waals surface area contributed by atoms with Crippen molar-refractivity contribution in [3.05, 3.63) is 84.2 Å². The van der Waals surface area contributed by atoms with Gasteiger partial charge in [-0.25, -0.2) is 14.8 Å². The number of aromatic nitrogens is 4. The van der Waals surface area contributed by atoms with Crippen LogP contribution >= 0.6 is 0 Å². The zero-order valence-electron chi connectivity index (χ0n) is 16.6. The van der Waals surface area contributed by atoms with Gasteiger partial charge in [-0.2, -0.15) is 0 Å². The fourth-order valence-electron chi connectivity index (χ4n) is 3.54. The number of ether oxygens (including phenoxy) is 1. The van der Waals surface area contributed by atoms with E-state index >= 15 is 0 Å². The standard InChI is InChI=1S/C23H18N4O3S/c1-30-22(28)16-10-8-15(9-11-16)20-13-24-21-17(5-4-12-27(20)21)14-31(29)23-25-18-6-2-3-7-19(18)26-23/h2-13H,14H2,1H3,(H,25,26). The van der Waals surface area contributed by atoms with Gasteiger partial charge < -0.3 is 9.72 Å². The van der Waals surface area contributed by atoms with Crippen LogP contribution in [0.5, 0.6) is 0 Å². The summed E-state index contributed by atoms with van der Waals surface area (Å²) in [5.41, 5.74) is 5.53. The van der Waals surface area contributed by atoms with Crippen LogP contribution < -0.4 is 0 Å². The van der Waals surface area contributed by atoms with Crippen LogP contribution in [-0.2, 0) is 21.3 Å². The lowest BCUT2D eigenvalue weighted by molar-refractivity contribution is 0.0600. The molecule has 5 aromatic rings. The van der Waals surface area contributed by atoms with Crippen LogP contribution in [0, 0.1) is 0 Å². The van der Waals surface area contributed by atoms with E-state index in [9.17, 15) is 9.00 Å². The van der Waals surface area contributed by atoms with Gasteiger partial charge in [0.1, 0.15) is 5.65 Å². The molecule has 0 aliphatic carbocycles. The average molecular weight is 430 g/mol. The van der Waals surface area contributed by atoms with Crippen LogP contribution in [0.2, 0.25) is 0 Å². The Morgan fingerprint density at radius 1 is 1.10 bits per heavy atom. The first-order valence-corrected chi connectivity index (χ1v) is 10.9. The summed E-state index contributed by atoms with van der Waals surface area (Å²) in [5.74, 6) is -0.0814. The molecule has 0 fully saturated rings. The van der Waals surface area contributed by atoms with E-state index in [-0.39, 0.29) is 5.97 Å². The van der Waals surface area contributed by atoms with E-state index in [0.29, 0.717) is 16.5 Å². The molecule has 0 aliphatic rings. The second-order valence-corrected chi connectivity index (χ2v) is 8.35. The Kier molecular flexibility index (Phi) is 4.83. The van der Waals surface area contributed by atoms with Gasteiger partial charge in [-0.3, -0.25) is 8.61 Å². The van der Waals surface area contributed by atoms with Gasteiger partial charge in [0.2, 0.25) is 0 Å². The van der Waals surface area contributed by atoms with Crippen LogP contribution in [-0.4, -0.2) is 36.6 Å². The molecule has 5 rings (SSSR count). The number of para-hydroxylation sites is 2. The molecule has 31 heavy (non-hydrogen) atoms. The van der Waals surface area contributed by atoms with Crippen LogP contribution in [0.3, 0.4) is 0 Å². The lowest BCUT2D eigenvalue weighted by Gasteiger charge is -2.06. The van der Waals surface area contributed by atoms with Crippen LogP contribution in [0.15, 0.2) is 78.2 Å². The summed E-state index contributed by atoms with van der Waals surface area (Å²) in [6.45, 7) is 0. The van der Waals surface area contributed by atoms with Gasteiger partial charge in [0.25, 0.3) is 0 Å². The number of nitrogens with one attached hydrogen (secondary N) is 1. The highest BCUT2D eigenvalue weighted by Gasteiger charge is 2.15. The summed E-state index contributed by atoms with van der Waals surface area (Å²) in [7, 11) is 0.0195. The molecule has 0 aliphatic heterocycles. The number of H-pyrrole nitrogens is 1. The molecule has 1 atom stereocenters. The minimum atomic E-state index is -1.34. The predicted molar refractivity (Wildman–Crippen MR) is 118 cm³/mol. The van der Waals surface area contributed by atoms with Crippen molar-refractivity contribution in [2.75, 3.05) is 7.11 Å². The molecule has 154 valence electrons. The second-order valence-electron chi connectivity index (χ2n) is 6.99. The largest absolute Gasteiger partial charge is 0.465 e. The molecule has 3 heterocycles. The lowest BCUT2D eigenvalue weighted by Crippen LogP contribution is -2.02. The maximum absolute atomic E-state index is 13.0. The van der Waals surface area contributed by atoms with E-state index in [1.54, 1.807) is 18.3 Å². The highest BCUT2D eigenvalue weighted by Crippen LogP contribution is 2.24. The van der Waals surface area contributed by atoms with Crippen molar-refractivity contribution in [2.45, 2.75) is 10.9 Å². The Morgan fingerprint density at radius 3 is 2.68 bits per heavy atom. The Balaban J connectivity index is 1.46. The summed E-state index contributed by atoms with van der Waals surface area (Å²) in [4.78, 5) is 23.8. The molecular formula is C23H18N4O3S. The van der Waals surface area contributed by atoms with Crippen molar-refractivity contribution < 1.29 is 13.7 Å². The quantitative estimate of drug-likeness (QED) is 0.426. The molecule has 7 nitrogen and oxygen atoms in total. The molecule has 0 spiro atoms. The number of benzene rings is 2. The molecule has 1 N–H and O–H groups in total. The number of hydrogen-bond acceptors (Lipinski definition) is 5. The molecule has 1 unspecified atom stereocenters. The maximum atomic E-state index is 13.0. The summed E-state index contributed by atoms with van der Waals surface area (Å²) < 4.78 is 19.7. The van der Waals surface area contributed by atoms with Crippen LogP contribution in [0.4, 0.5) is 0 Å². The summed E-state index contributed by atoms with van der Waals surface area (Å²) in [5, 5.41) is 0.452. The summed E-state index contributed by atoms with van der Waals surface area (Å²) in [6.07, 6.45) is 3.69. The van der Waals surface area contributed by atoms with Crippen molar-refractivity contribution in [3.8, 4) is 11.3 Å². The number of esters is 1. The van der Waals surface area contributed by atoms with Gasteiger partial charge in [0.05, 0.1) is 52.1 Å². The number of hydrogen-bond donors (Lipinski definition) is 1. The molecule has 0 bridgehead atoms. The van der Waals surface area contributed by atoms with Gasteiger partial charge in [0.15, 0.2) is 5.16 Å². The SMILES string of the molecule is COC(=O)c1ccc(-c2cnc3c(CS(=O)c4nc5ccccc5[nH]4)cccn23)cc1. The normalized spacial score (nSPS) is 12.3. The third-order valence-corrected chi connectivity index (χ3v) is 6.29.